The highest BCUT2D eigenvalue weighted by molar-refractivity contribution is 5.70. The van der Waals surface area contributed by atoms with Crippen molar-refractivity contribution in [3.05, 3.63) is 5.82 Å². The zero-order valence-electron chi connectivity index (χ0n) is 10.5. The number of nitrogens with one attached hydrogen (secondary N) is 1. The molecule has 2 rings (SSSR count). The Bertz CT molecular complexity index is 360. The van der Waals surface area contributed by atoms with Gasteiger partial charge in [-0.05, 0) is 18.8 Å². The van der Waals surface area contributed by atoms with Crippen LogP contribution in [0.4, 0.5) is 0 Å². The van der Waals surface area contributed by atoms with Gasteiger partial charge in [-0.15, -0.1) is 10.2 Å². The molecule has 1 saturated carbocycles. The summed E-state index contributed by atoms with van der Waals surface area (Å²) in [5, 5.41) is 22.7. The summed E-state index contributed by atoms with van der Waals surface area (Å²) < 4.78 is 0. The minimum atomic E-state index is -0.754. The first-order chi connectivity index (χ1) is 8.75. The molecule has 18 heavy (non-hydrogen) atoms. The number of tetrazole rings is 1. The van der Waals surface area contributed by atoms with Gasteiger partial charge in [0.1, 0.15) is 0 Å². The molecule has 6 heteroatoms. The van der Waals surface area contributed by atoms with Crippen LogP contribution in [0.3, 0.4) is 0 Å². The SMILES string of the molecule is O=C(O)[C@@H](CCC1CCCCC1)Cc1nn[nH]n1. The van der Waals surface area contributed by atoms with Crippen LogP contribution in [0, 0.1) is 11.8 Å². The number of hydrogen-bond donors (Lipinski definition) is 2. The van der Waals surface area contributed by atoms with Gasteiger partial charge < -0.3 is 5.11 Å². The van der Waals surface area contributed by atoms with E-state index in [1.807, 2.05) is 0 Å². The van der Waals surface area contributed by atoms with Crippen LogP contribution < -0.4 is 0 Å². The summed E-state index contributed by atoms with van der Waals surface area (Å²) >= 11 is 0. The first kappa shape index (κ1) is 13.0. The Morgan fingerprint density at radius 3 is 2.78 bits per heavy atom. The number of carboxylic acids is 1. The van der Waals surface area contributed by atoms with Crippen LogP contribution >= 0.6 is 0 Å². The van der Waals surface area contributed by atoms with Crippen LogP contribution in [-0.4, -0.2) is 31.7 Å². The Labute approximate surface area is 106 Å². The van der Waals surface area contributed by atoms with Gasteiger partial charge in [-0.25, -0.2) is 0 Å². The maximum absolute atomic E-state index is 11.2. The fourth-order valence-electron chi connectivity index (χ4n) is 2.71. The molecule has 1 aromatic heterocycles. The largest absolute Gasteiger partial charge is 0.481 e. The summed E-state index contributed by atoms with van der Waals surface area (Å²) in [6.45, 7) is 0. The van der Waals surface area contributed by atoms with Gasteiger partial charge >= 0.3 is 5.97 Å². The lowest BCUT2D eigenvalue weighted by molar-refractivity contribution is -0.142. The number of rotatable bonds is 6. The molecular weight excluding hydrogens is 232 g/mol. The van der Waals surface area contributed by atoms with Crippen molar-refractivity contribution in [3.63, 3.8) is 0 Å². The van der Waals surface area contributed by atoms with Crippen molar-refractivity contribution in [1.29, 1.82) is 0 Å². The first-order valence-electron chi connectivity index (χ1n) is 6.71. The molecule has 1 fully saturated rings. The topological polar surface area (TPSA) is 91.8 Å². The Morgan fingerprint density at radius 2 is 2.17 bits per heavy atom. The molecule has 1 aromatic rings. The molecule has 0 aromatic carbocycles. The summed E-state index contributed by atoms with van der Waals surface area (Å²) in [5.74, 6) is 0.0667. The zero-order valence-corrected chi connectivity index (χ0v) is 10.5. The summed E-state index contributed by atoms with van der Waals surface area (Å²) in [6.07, 6.45) is 8.55. The van der Waals surface area contributed by atoms with Crippen LogP contribution in [0.2, 0.25) is 0 Å². The first-order valence-corrected chi connectivity index (χ1v) is 6.71. The predicted molar refractivity (Wildman–Crippen MR) is 64.8 cm³/mol. The van der Waals surface area contributed by atoms with Gasteiger partial charge in [0.05, 0.1) is 5.92 Å². The Kier molecular flexibility index (Phi) is 4.66. The van der Waals surface area contributed by atoms with E-state index in [-0.39, 0.29) is 5.92 Å². The van der Waals surface area contributed by atoms with Crippen molar-refractivity contribution in [2.24, 2.45) is 11.8 Å². The molecule has 0 spiro atoms. The maximum atomic E-state index is 11.2. The molecule has 1 aliphatic rings. The number of aromatic amines is 1. The van der Waals surface area contributed by atoms with Crippen molar-refractivity contribution in [1.82, 2.24) is 20.6 Å². The Morgan fingerprint density at radius 1 is 1.39 bits per heavy atom. The molecule has 0 bridgehead atoms. The highest BCUT2D eigenvalue weighted by atomic mass is 16.4. The number of carboxylic acid groups (broad SMARTS) is 1. The van der Waals surface area contributed by atoms with Gasteiger partial charge in [-0.1, -0.05) is 37.3 Å². The van der Waals surface area contributed by atoms with Gasteiger partial charge in [0.2, 0.25) is 0 Å². The fourth-order valence-corrected chi connectivity index (χ4v) is 2.71. The third kappa shape index (κ3) is 3.78. The lowest BCUT2D eigenvalue weighted by Gasteiger charge is -2.22. The number of aliphatic carboxylic acids is 1. The highest BCUT2D eigenvalue weighted by Gasteiger charge is 2.22. The number of nitrogens with zero attached hydrogens (tertiary/aromatic N) is 3. The molecule has 0 unspecified atom stereocenters. The normalized spacial score (nSPS) is 18.7. The van der Waals surface area contributed by atoms with E-state index in [1.54, 1.807) is 0 Å². The Balaban J connectivity index is 1.80. The minimum Gasteiger partial charge on any atom is -0.481 e. The van der Waals surface area contributed by atoms with E-state index in [1.165, 1.54) is 32.1 Å². The molecule has 0 amide bonds. The van der Waals surface area contributed by atoms with Crippen molar-refractivity contribution in [3.8, 4) is 0 Å². The summed E-state index contributed by atoms with van der Waals surface area (Å²) in [7, 11) is 0. The van der Waals surface area contributed by atoms with Gasteiger partial charge in [0, 0.05) is 6.42 Å². The monoisotopic (exact) mass is 252 g/mol. The molecule has 1 heterocycles. The van der Waals surface area contributed by atoms with Crippen LogP contribution in [0.15, 0.2) is 0 Å². The fraction of sp³-hybridized carbons (Fsp3) is 0.833. The number of H-pyrrole nitrogens is 1. The smallest absolute Gasteiger partial charge is 0.306 e. The average molecular weight is 252 g/mol. The van der Waals surface area contributed by atoms with E-state index in [0.29, 0.717) is 24.6 Å². The zero-order chi connectivity index (χ0) is 12.8. The summed E-state index contributed by atoms with van der Waals surface area (Å²) in [5.41, 5.74) is 0. The van der Waals surface area contributed by atoms with Crippen molar-refractivity contribution in [2.75, 3.05) is 0 Å². The molecule has 6 nitrogen and oxygen atoms in total. The standard InChI is InChI=1S/C12H20N4O2/c17-12(18)10(8-11-13-15-16-14-11)7-6-9-4-2-1-3-5-9/h9-10H,1-8H2,(H,17,18)(H,13,14,15,16)/t10-/m0/s1. The second-order valence-corrected chi connectivity index (χ2v) is 5.15. The molecule has 0 radical (unpaired) electrons. The van der Waals surface area contributed by atoms with Crippen molar-refractivity contribution < 1.29 is 9.90 Å². The molecule has 0 aliphatic heterocycles. The lowest BCUT2D eigenvalue weighted by atomic mass is 9.83. The van der Waals surface area contributed by atoms with E-state index in [4.69, 9.17) is 0 Å². The van der Waals surface area contributed by atoms with E-state index in [2.05, 4.69) is 20.6 Å². The number of aromatic nitrogens is 4. The Hall–Kier alpha value is -1.46. The van der Waals surface area contributed by atoms with Gasteiger partial charge in [-0.2, -0.15) is 5.21 Å². The van der Waals surface area contributed by atoms with Crippen LogP contribution in [0.1, 0.15) is 50.8 Å². The highest BCUT2D eigenvalue weighted by Crippen LogP contribution is 2.29. The minimum absolute atomic E-state index is 0.374. The van der Waals surface area contributed by atoms with Crippen LogP contribution in [-0.2, 0) is 11.2 Å². The van der Waals surface area contributed by atoms with Gasteiger partial charge in [-0.3, -0.25) is 4.79 Å². The molecule has 100 valence electrons. The van der Waals surface area contributed by atoms with Crippen LogP contribution in [0.5, 0.6) is 0 Å². The second-order valence-electron chi connectivity index (χ2n) is 5.15. The third-order valence-corrected chi connectivity index (χ3v) is 3.82. The number of carbonyl (C=O) groups is 1. The van der Waals surface area contributed by atoms with E-state index < -0.39 is 5.97 Å². The lowest BCUT2D eigenvalue weighted by Crippen LogP contribution is -2.19. The predicted octanol–water partition coefficient (Wildman–Crippen LogP) is 1.80. The third-order valence-electron chi connectivity index (χ3n) is 3.82. The summed E-state index contributed by atoms with van der Waals surface area (Å²) in [6, 6.07) is 0. The number of hydrogen-bond acceptors (Lipinski definition) is 4. The summed E-state index contributed by atoms with van der Waals surface area (Å²) in [4.78, 5) is 11.2. The van der Waals surface area contributed by atoms with Crippen molar-refractivity contribution >= 4 is 5.97 Å². The van der Waals surface area contributed by atoms with Gasteiger partial charge in [0.25, 0.3) is 0 Å². The van der Waals surface area contributed by atoms with E-state index in [9.17, 15) is 9.90 Å². The van der Waals surface area contributed by atoms with Gasteiger partial charge in [0.15, 0.2) is 5.82 Å². The van der Waals surface area contributed by atoms with E-state index >= 15 is 0 Å². The molecule has 2 N–H and O–H groups in total. The van der Waals surface area contributed by atoms with Crippen molar-refractivity contribution in [2.45, 2.75) is 51.4 Å². The molecular formula is C12H20N4O2. The quantitative estimate of drug-likeness (QED) is 0.805. The second kappa shape index (κ2) is 6.47. The molecule has 0 saturated heterocycles. The maximum Gasteiger partial charge on any atom is 0.306 e. The van der Waals surface area contributed by atoms with Crippen LogP contribution in [0.25, 0.3) is 0 Å². The molecule has 1 atom stereocenters. The molecule has 1 aliphatic carbocycles. The van der Waals surface area contributed by atoms with E-state index in [0.717, 1.165) is 6.42 Å². The average Bonchev–Trinajstić information content (AvgIpc) is 2.88.